The standard InChI is InChI=1S/C12H14ClN3O2/c1-15-10-4-3-8(13)7-9(10)11(17)16(12(15)18)6-2-5-14/h3-4,7H,2,5-6,14H2,1H3. The summed E-state index contributed by atoms with van der Waals surface area (Å²) in [6.45, 7) is 0.758. The molecule has 1 aromatic heterocycles. The average Bonchev–Trinajstić information content (AvgIpc) is 2.36. The molecule has 0 aliphatic carbocycles. The fraction of sp³-hybridized carbons (Fsp3) is 0.333. The molecular weight excluding hydrogens is 254 g/mol. The van der Waals surface area contributed by atoms with Crippen molar-refractivity contribution >= 4 is 22.5 Å². The summed E-state index contributed by atoms with van der Waals surface area (Å²) in [6, 6.07) is 4.92. The third-order valence-corrected chi connectivity index (χ3v) is 3.13. The van der Waals surface area contributed by atoms with E-state index < -0.39 is 0 Å². The van der Waals surface area contributed by atoms with E-state index in [4.69, 9.17) is 17.3 Å². The van der Waals surface area contributed by atoms with Crippen LogP contribution in [-0.2, 0) is 13.6 Å². The second-order valence-corrected chi connectivity index (χ2v) is 4.54. The number of halogens is 1. The monoisotopic (exact) mass is 267 g/mol. The summed E-state index contributed by atoms with van der Waals surface area (Å²) in [5, 5.41) is 0.922. The van der Waals surface area contributed by atoms with Gasteiger partial charge in [-0.15, -0.1) is 0 Å². The average molecular weight is 268 g/mol. The van der Waals surface area contributed by atoms with Gasteiger partial charge < -0.3 is 5.73 Å². The molecular formula is C12H14ClN3O2. The number of benzene rings is 1. The molecule has 1 aromatic carbocycles. The highest BCUT2D eigenvalue weighted by Crippen LogP contribution is 2.14. The molecule has 0 spiro atoms. The minimum atomic E-state index is -0.330. The van der Waals surface area contributed by atoms with Gasteiger partial charge in [-0.3, -0.25) is 13.9 Å². The number of hydrogen-bond donors (Lipinski definition) is 1. The molecule has 0 radical (unpaired) electrons. The first-order chi connectivity index (χ1) is 8.56. The highest BCUT2D eigenvalue weighted by molar-refractivity contribution is 6.31. The van der Waals surface area contributed by atoms with Gasteiger partial charge >= 0.3 is 5.69 Å². The van der Waals surface area contributed by atoms with Gasteiger partial charge in [-0.1, -0.05) is 11.6 Å². The lowest BCUT2D eigenvalue weighted by Gasteiger charge is -2.10. The summed E-state index contributed by atoms with van der Waals surface area (Å²) >= 11 is 5.88. The summed E-state index contributed by atoms with van der Waals surface area (Å²) in [7, 11) is 1.64. The van der Waals surface area contributed by atoms with E-state index in [0.717, 1.165) is 0 Å². The van der Waals surface area contributed by atoms with Gasteiger partial charge in [0.05, 0.1) is 10.9 Å². The lowest BCUT2D eigenvalue weighted by molar-refractivity contribution is 0.579. The molecule has 0 fully saturated rings. The number of nitrogens with two attached hydrogens (primary N) is 1. The van der Waals surface area contributed by atoms with Crippen LogP contribution >= 0.6 is 11.6 Å². The van der Waals surface area contributed by atoms with E-state index in [9.17, 15) is 9.59 Å². The zero-order valence-corrected chi connectivity index (χ0v) is 10.8. The molecule has 0 amide bonds. The van der Waals surface area contributed by atoms with Crippen LogP contribution < -0.4 is 17.0 Å². The van der Waals surface area contributed by atoms with Gasteiger partial charge in [-0.2, -0.15) is 0 Å². The summed E-state index contributed by atoms with van der Waals surface area (Å²) in [4.78, 5) is 24.3. The lowest BCUT2D eigenvalue weighted by atomic mass is 10.2. The molecule has 0 bridgehead atoms. The predicted octanol–water partition coefficient (Wildman–Crippen LogP) is 0.702. The van der Waals surface area contributed by atoms with Gasteiger partial charge in [0.2, 0.25) is 0 Å². The van der Waals surface area contributed by atoms with Crippen LogP contribution in [0.25, 0.3) is 10.9 Å². The third-order valence-electron chi connectivity index (χ3n) is 2.90. The van der Waals surface area contributed by atoms with E-state index in [1.807, 2.05) is 0 Å². The Morgan fingerprint density at radius 1 is 1.33 bits per heavy atom. The van der Waals surface area contributed by atoms with E-state index >= 15 is 0 Å². The largest absolute Gasteiger partial charge is 0.331 e. The maximum Gasteiger partial charge on any atom is 0.331 e. The molecule has 2 aromatic rings. The first-order valence-electron chi connectivity index (χ1n) is 5.65. The molecule has 96 valence electrons. The maximum absolute atomic E-state index is 12.2. The van der Waals surface area contributed by atoms with E-state index in [-0.39, 0.29) is 11.2 Å². The highest BCUT2D eigenvalue weighted by Gasteiger charge is 2.10. The number of aryl methyl sites for hydroxylation is 1. The maximum atomic E-state index is 12.2. The smallest absolute Gasteiger partial charge is 0.330 e. The summed E-state index contributed by atoms with van der Waals surface area (Å²) in [5.74, 6) is 0. The Balaban J connectivity index is 2.80. The summed E-state index contributed by atoms with van der Waals surface area (Å²) in [6.07, 6.45) is 0.585. The fourth-order valence-electron chi connectivity index (χ4n) is 1.94. The first kappa shape index (κ1) is 12.9. The Kier molecular flexibility index (Phi) is 3.54. The summed E-state index contributed by atoms with van der Waals surface area (Å²) in [5.41, 5.74) is 5.34. The number of rotatable bonds is 3. The highest BCUT2D eigenvalue weighted by atomic mass is 35.5. The van der Waals surface area contributed by atoms with Crippen molar-refractivity contribution in [3.05, 3.63) is 44.1 Å². The molecule has 1 heterocycles. The van der Waals surface area contributed by atoms with Crippen LogP contribution in [0, 0.1) is 0 Å². The van der Waals surface area contributed by atoms with Gasteiger partial charge in [0.1, 0.15) is 0 Å². The van der Waals surface area contributed by atoms with Crippen LogP contribution in [-0.4, -0.2) is 15.7 Å². The van der Waals surface area contributed by atoms with Crippen molar-refractivity contribution in [3.63, 3.8) is 0 Å². The second-order valence-electron chi connectivity index (χ2n) is 4.10. The first-order valence-corrected chi connectivity index (χ1v) is 6.03. The third kappa shape index (κ3) is 2.07. The zero-order valence-electron chi connectivity index (χ0n) is 10.0. The molecule has 0 aliphatic rings. The van der Waals surface area contributed by atoms with Gasteiger partial charge in [-0.25, -0.2) is 4.79 Å². The normalized spacial score (nSPS) is 11.1. The van der Waals surface area contributed by atoms with Gasteiger partial charge in [0.25, 0.3) is 5.56 Å². The SMILES string of the molecule is Cn1c(=O)n(CCCN)c(=O)c2cc(Cl)ccc21. The molecule has 18 heavy (non-hydrogen) atoms. The Morgan fingerprint density at radius 3 is 2.72 bits per heavy atom. The molecule has 0 saturated heterocycles. The van der Waals surface area contributed by atoms with Crippen molar-refractivity contribution < 1.29 is 0 Å². The van der Waals surface area contributed by atoms with E-state index in [0.29, 0.717) is 35.4 Å². The number of fused-ring (bicyclic) bond motifs is 1. The number of aromatic nitrogens is 2. The Hall–Kier alpha value is -1.59. The second kappa shape index (κ2) is 4.96. The number of hydrogen-bond acceptors (Lipinski definition) is 3. The molecule has 2 rings (SSSR count). The van der Waals surface area contributed by atoms with E-state index in [1.165, 1.54) is 9.13 Å². The number of nitrogens with zero attached hydrogens (tertiary/aromatic N) is 2. The molecule has 0 aliphatic heterocycles. The fourth-order valence-corrected chi connectivity index (χ4v) is 2.11. The lowest BCUT2D eigenvalue weighted by Crippen LogP contribution is -2.39. The van der Waals surface area contributed by atoms with Crippen LogP contribution in [0.15, 0.2) is 27.8 Å². The zero-order chi connectivity index (χ0) is 13.3. The van der Waals surface area contributed by atoms with Crippen LogP contribution in [0.2, 0.25) is 5.02 Å². The Morgan fingerprint density at radius 2 is 2.06 bits per heavy atom. The van der Waals surface area contributed by atoms with E-state index in [1.54, 1.807) is 25.2 Å². The quantitative estimate of drug-likeness (QED) is 0.890. The van der Waals surface area contributed by atoms with Gasteiger partial charge in [0, 0.05) is 18.6 Å². The minimum Gasteiger partial charge on any atom is -0.330 e. The van der Waals surface area contributed by atoms with Crippen molar-refractivity contribution in [2.75, 3.05) is 6.54 Å². The molecule has 6 heteroatoms. The van der Waals surface area contributed by atoms with Crippen LogP contribution in [0.4, 0.5) is 0 Å². The van der Waals surface area contributed by atoms with Crippen molar-refractivity contribution in [2.24, 2.45) is 12.8 Å². The Bertz CT molecular complexity index is 703. The van der Waals surface area contributed by atoms with Gasteiger partial charge in [-0.05, 0) is 31.2 Å². The molecule has 0 saturated carbocycles. The van der Waals surface area contributed by atoms with Crippen molar-refractivity contribution in [2.45, 2.75) is 13.0 Å². The van der Waals surface area contributed by atoms with Crippen molar-refractivity contribution in [3.8, 4) is 0 Å². The van der Waals surface area contributed by atoms with Crippen LogP contribution in [0.3, 0.4) is 0 Å². The van der Waals surface area contributed by atoms with E-state index in [2.05, 4.69) is 0 Å². The van der Waals surface area contributed by atoms with Crippen LogP contribution in [0.1, 0.15) is 6.42 Å². The van der Waals surface area contributed by atoms with Gasteiger partial charge in [0.15, 0.2) is 0 Å². The predicted molar refractivity (Wildman–Crippen MR) is 72.1 cm³/mol. The molecule has 5 nitrogen and oxygen atoms in total. The topological polar surface area (TPSA) is 70.0 Å². The molecule has 2 N–H and O–H groups in total. The van der Waals surface area contributed by atoms with Crippen molar-refractivity contribution in [1.82, 2.24) is 9.13 Å². The van der Waals surface area contributed by atoms with Crippen molar-refractivity contribution in [1.29, 1.82) is 0 Å². The summed E-state index contributed by atoms with van der Waals surface area (Å²) < 4.78 is 2.65. The van der Waals surface area contributed by atoms with Crippen LogP contribution in [0.5, 0.6) is 0 Å². The molecule has 0 atom stereocenters. The minimum absolute atomic E-state index is 0.316. The molecule has 0 unspecified atom stereocenters. The Labute approximate surface area is 108 Å².